The van der Waals surface area contributed by atoms with Crippen LogP contribution in [0.1, 0.15) is 5.69 Å². The van der Waals surface area contributed by atoms with Crippen LogP contribution in [0, 0.1) is 9.94 Å². The summed E-state index contributed by atoms with van der Waals surface area (Å²) in [4.78, 5) is 14.6. The van der Waals surface area contributed by atoms with Gasteiger partial charge in [0.25, 0.3) is 0 Å². The number of nitrogens with zero attached hydrogens (tertiary/aromatic N) is 2. The van der Waals surface area contributed by atoms with E-state index in [0.29, 0.717) is 10.6 Å². The van der Waals surface area contributed by atoms with E-state index in [-0.39, 0.29) is 5.43 Å². The monoisotopic (exact) mass is 319 g/mol. The van der Waals surface area contributed by atoms with E-state index in [4.69, 9.17) is 0 Å². The third-order valence-corrected chi connectivity index (χ3v) is 3.31. The van der Waals surface area contributed by atoms with Crippen molar-refractivity contribution in [3.05, 3.63) is 31.2 Å². The third kappa shape index (κ3) is 1.85. The zero-order chi connectivity index (χ0) is 10.1. The van der Waals surface area contributed by atoms with Crippen molar-refractivity contribution in [2.24, 2.45) is 0 Å². The Balaban J connectivity index is 2.57. The number of pyridine rings is 1. The summed E-state index contributed by atoms with van der Waals surface area (Å²) in [5, 5.41) is 8.44. The molecular formula is C8H6IN3OS. The van der Waals surface area contributed by atoms with Gasteiger partial charge in [0.05, 0.1) is 5.56 Å². The molecule has 0 aliphatic rings. The lowest BCUT2D eigenvalue weighted by atomic mass is 10.2. The van der Waals surface area contributed by atoms with Gasteiger partial charge in [0.15, 0.2) is 13.5 Å². The van der Waals surface area contributed by atoms with Crippen molar-refractivity contribution in [2.45, 2.75) is 6.92 Å². The molecule has 72 valence electrons. The van der Waals surface area contributed by atoms with Crippen molar-refractivity contribution in [3.8, 4) is 10.6 Å². The van der Waals surface area contributed by atoms with Gasteiger partial charge in [-0.25, -0.2) is 0 Å². The summed E-state index contributed by atoms with van der Waals surface area (Å²) in [5.41, 5.74) is 1.41. The lowest BCUT2D eigenvalue weighted by Crippen LogP contribution is -2.04. The Hall–Kier alpha value is -0.760. The molecule has 0 aliphatic heterocycles. The quantitative estimate of drug-likeness (QED) is 0.816. The van der Waals surface area contributed by atoms with Crippen LogP contribution in [0.5, 0.6) is 0 Å². The highest BCUT2D eigenvalue weighted by Crippen LogP contribution is 2.20. The van der Waals surface area contributed by atoms with E-state index in [1.165, 1.54) is 11.3 Å². The van der Waals surface area contributed by atoms with Crippen molar-refractivity contribution in [1.29, 1.82) is 0 Å². The van der Waals surface area contributed by atoms with Gasteiger partial charge in [-0.05, 0) is 29.5 Å². The smallest absolute Gasteiger partial charge is 0.192 e. The number of rotatable bonds is 1. The number of aromatic nitrogens is 3. The first-order chi connectivity index (χ1) is 6.66. The largest absolute Gasteiger partial charge is 0.364 e. The van der Waals surface area contributed by atoms with Crippen LogP contribution in [-0.4, -0.2) is 15.2 Å². The maximum absolute atomic E-state index is 11.6. The highest BCUT2D eigenvalue weighted by atomic mass is 127. The van der Waals surface area contributed by atoms with Crippen molar-refractivity contribution in [1.82, 2.24) is 15.2 Å². The maximum atomic E-state index is 11.6. The Kier molecular flexibility index (Phi) is 2.64. The van der Waals surface area contributed by atoms with Gasteiger partial charge in [-0.15, -0.1) is 10.2 Å². The van der Waals surface area contributed by atoms with Gasteiger partial charge in [0, 0.05) is 18.0 Å². The summed E-state index contributed by atoms with van der Waals surface area (Å²) in [6, 6.07) is 1.56. The van der Waals surface area contributed by atoms with Crippen LogP contribution in [0.25, 0.3) is 10.6 Å². The van der Waals surface area contributed by atoms with Crippen LogP contribution in [0.4, 0.5) is 0 Å². The molecule has 1 N–H and O–H groups in total. The average Bonchev–Trinajstić information content (AvgIpc) is 2.51. The third-order valence-electron chi connectivity index (χ3n) is 1.69. The standard InChI is InChI=1S/C8H6IN3OS/c1-4-2-6(13)5(3-10-4)7-11-12-8(9)14-7/h2-3H,1H3,(H,10,13). The molecule has 14 heavy (non-hydrogen) atoms. The van der Waals surface area contributed by atoms with Crippen LogP contribution < -0.4 is 5.43 Å². The Morgan fingerprint density at radius 1 is 1.50 bits per heavy atom. The van der Waals surface area contributed by atoms with Crippen molar-refractivity contribution in [2.75, 3.05) is 0 Å². The number of aromatic amines is 1. The van der Waals surface area contributed by atoms with Crippen LogP contribution in [0.3, 0.4) is 0 Å². The molecule has 0 spiro atoms. The first-order valence-electron chi connectivity index (χ1n) is 3.85. The molecule has 2 aromatic heterocycles. The molecule has 4 nitrogen and oxygen atoms in total. The normalized spacial score (nSPS) is 10.4. The number of nitrogens with one attached hydrogen (secondary N) is 1. The summed E-state index contributed by atoms with van der Waals surface area (Å²) in [6.45, 7) is 1.84. The van der Waals surface area contributed by atoms with E-state index >= 15 is 0 Å². The second-order valence-corrected chi connectivity index (χ2v) is 5.49. The van der Waals surface area contributed by atoms with E-state index in [1.807, 2.05) is 6.92 Å². The first kappa shape index (κ1) is 9.78. The summed E-state index contributed by atoms with van der Waals surface area (Å²) in [6.07, 6.45) is 1.67. The van der Waals surface area contributed by atoms with Gasteiger partial charge in [0.2, 0.25) is 0 Å². The summed E-state index contributed by atoms with van der Waals surface area (Å²) >= 11 is 3.48. The first-order valence-corrected chi connectivity index (χ1v) is 5.75. The highest BCUT2D eigenvalue weighted by Gasteiger charge is 2.08. The molecule has 0 unspecified atom stereocenters. The number of H-pyrrole nitrogens is 1. The minimum Gasteiger partial charge on any atom is -0.364 e. The van der Waals surface area contributed by atoms with E-state index < -0.39 is 0 Å². The van der Waals surface area contributed by atoms with Crippen LogP contribution in [0.15, 0.2) is 17.1 Å². The second kappa shape index (κ2) is 3.77. The van der Waals surface area contributed by atoms with Crippen molar-refractivity contribution in [3.63, 3.8) is 0 Å². The zero-order valence-electron chi connectivity index (χ0n) is 7.24. The molecule has 0 fully saturated rings. The highest BCUT2D eigenvalue weighted by molar-refractivity contribution is 14.1. The number of halogens is 1. The second-order valence-electron chi connectivity index (χ2n) is 2.75. The fourth-order valence-electron chi connectivity index (χ4n) is 1.05. The van der Waals surface area contributed by atoms with E-state index in [1.54, 1.807) is 12.3 Å². The fourth-order valence-corrected chi connectivity index (χ4v) is 2.38. The molecular weight excluding hydrogens is 313 g/mol. The maximum Gasteiger partial charge on any atom is 0.192 e. The molecule has 0 aliphatic carbocycles. The molecule has 0 atom stereocenters. The molecule has 0 saturated carbocycles. The molecule has 0 radical (unpaired) electrons. The molecule has 2 heterocycles. The number of aryl methyl sites for hydroxylation is 1. The van der Waals surface area contributed by atoms with Crippen LogP contribution in [-0.2, 0) is 0 Å². The minimum atomic E-state index is -0.0196. The van der Waals surface area contributed by atoms with Gasteiger partial charge in [-0.1, -0.05) is 11.3 Å². The molecule has 0 aromatic carbocycles. The zero-order valence-corrected chi connectivity index (χ0v) is 10.2. The Bertz CT molecular complexity index is 519. The molecule has 6 heteroatoms. The lowest BCUT2D eigenvalue weighted by Gasteiger charge is -1.95. The fraction of sp³-hybridized carbons (Fsp3) is 0.125. The summed E-state index contributed by atoms with van der Waals surface area (Å²) in [5.74, 6) is 0. The van der Waals surface area contributed by atoms with E-state index in [9.17, 15) is 4.79 Å². The van der Waals surface area contributed by atoms with Crippen LogP contribution >= 0.6 is 33.9 Å². The van der Waals surface area contributed by atoms with Gasteiger partial charge < -0.3 is 4.98 Å². The number of hydrogen-bond donors (Lipinski definition) is 1. The predicted molar refractivity (Wildman–Crippen MR) is 63.4 cm³/mol. The van der Waals surface area contributed by atoms with Crippen molar-refractivity contribution >= 4 is 33.9 Å². The summed E-state index contributed by atoms with van der Waals surface area (Å²) < 4.78 is 0.831. The van der Waals surface area contributed by atoms with Gasteiger partial charge >= 0.3 is 0 Å². The Morgan fingerprint density at radius 3 is 2.86 bits per heavy atom. The van der Waals surface area contributed by atoms with E-state index in [2.05, 4.69) is 37.8 Å². The van der Waals surface area contributed by atoms with Crippen LogP contribution in [0.2, 0.25) is 0 Å². The van der Waals surface area contributed by atoms with Gasteiger partial charge in [-0.2, -0.15) is 0 Å². The topological polar surface area (TPSA) is 58.6 Å². The lowest BCUT2D eigenvalue weighted by molar-refractivity contribution is 1.07. The van der Waals surface area contributed by atoms with Crippen molar-refractivity contribution < 1.29 is 0 Å². The van der Waals surface area contributed by atoms with E-state index in [0.717, 1.165) is 8.71 Å². The molecule has 0 amide bonds. The molecule has 2 rings (SSSR count). The molecule has 0 bridgehead atoms. The minimum absolute atomic E-state index is 0.0196. The van der Waals surface area contributed by atoms with Gasteiger partial charge in [0.1, 0.15) is 0 Å². The Labute approximate surface area is 97.5 Å². The molecule has 0 saturated heterocycles. The SMILES string of the molecule is Cc1cc(=O)c(-c2nnc(I)s2)c[nH]1. The van der Waals surface area contributed by atoms with Gasteiger partial charge in [-0.3, -0.25) is 4.79 Å². The number of hydrogen-bond acceptors (Lipinski definition) is 4. The summed E-state index contributed by atoms with van der Waals surface area (Å²) in [7, 11) is 0. The predicted octanol–water partition coefficient (Wildman–Crippen LogP) is 1.81. The Morgan fingerprint density at radius 2 is 2.29 bits per heavy atom. The molecule has 2 aromatic rings. The average molecular weight is 319 g/mol.